The lowest BCUT2D eigenvalue weighted by molar-refractivity contribution is -0.142. The normalized spacial score (nSPS) is 20.3. The quantitative estimate of drug-likeness (QED) is 0.267. The molecule has 3 aliphatic rings. The van der Waals surface area contributed by atoms with Crippen LogP contribution in [-0.2, 0) is 20.7 Å². The van der Waals surface area contributed by atoms with E-state index in [4.69, 9.17) is 9.47 Å². The van der Waals surface area contributed by atoms with E-state index in [1.807, 2.05) is 31.7 Å². The molecule has 2 aromatic rings. The Kier molecular flexibility index (Phi) is 15.6. The maximum absolute atomic E-state index is 12.4. The molecule has 0 N–H and O–H groups in total. The van der Waals surface area contributed by atoms with Crippen molar-refractivity contribution in [3.05, 3.63) is 54.9 Å². The summed E-state index contributed by atoms with van der Waals surface area (Å²) in [5.74, 6) is 1.23. The lowest BCUT2D eigenvalue weighted by Gasteiger charge is -2.20. The van der Waals surface area contributed by atoms with Crippen molar-refractivity contribution in [1.82, 2.24) is 9.55 Å². The molecule has 3 atom stereocenters. The summed E-state index contributed by atoms with van der Waals surface area (Å²) in [6, 6.07) is 7.17. The standard InChI is InChI=1S/C16H20N2O4.C6H8S.C6H10S.C2H6.CH4/c1-5-21-14(19)10-13-17-11-8-6-7-9-12(11)18(13)15(20)22-16(2,3)4;1-2-6-4-3-5(1)7-6;1-2-6-4-3-5-7-6;1-2;/h6-9H,5,10H2,1-4H3;1-2,5-6H,3-4H2;2,6H,1,3-5H2;1-2H3;1H4/t;5-,6?;;;/m.0.../s1. The molecule has 5 rings (SSSR count). The lowest BCUT2D eigenvalue weighted by Crippen LogP contribution is -2.28. The number of carbonyl (C=O) groups is 2. The fourth-order valence-corrected chi connectivity index (χ4v) is 6.52. The molecule has 0 aliphatic carbocycles. The van der Waals surface area contributed by atoms with Crippen LogP contribution in [0.1, 0.15) is 80.5 Å². The summed E-state index contributed by atoms with van der Waals surface area (Å²) >= 11 is 4.14. The Labute approximate surface area is 244 Å². The molecule has 2 bridgehead atoms. The molecule has 3 aliphatic heterocycles. The van der Waals surface area contributed by atoms with Crippen molar-refractivity contribution in [2.24, 2.45) is 0 Å². The van der Waals surface area contributed by atoms with Crippen LogP contribution in [-0.4, -0.2) is 55.3 Å². The summed E-state index contributed by atoms with van der Waals surface area (Å²) in [5.41, 5.74) is 0.604. The zero-order chi connectivity index (χ0) is 28.1. The topological polar surface area (TPSA) is 70.4 Å². The number of fused-ring (bicyclic) bond motifs is 3. The van der Waals surface area contributed by atoms with Gasteiger partial charge < -0.3 is 9.47 Å². The Morgan fingerprint density at radius 2 is 1.77 bits per heavy atom. The maximum Gasteiger partial charge on any atom is 0.420 e. The van der Waals surface area contributed by atoms with Crippen molar-refractivity contribution < 1.29 is 19.1 Å². The largest absolute Gasteiger partial charge is 0.466 e. The summed E-state index contributed by atoms with van der Waals surface area (Å²) < 4.78 is 11.7. The third-order valence-corrected chi connectivity index (χ3v) is 8.53. The molecule has 6 nitrogen and oxygen atoms in total. The van der Waals surface area contributed by atoms with Gasteiger partial charge in [-0.3, -0.25) is 4.79 Å². The van der Waals surface area contributed by atoms with Gasteiger partial charge in [-0.05, 0) is 71.3 Å². The summed E-state index contributed by atoms with van der Waals surface area (Å²) in [6.45, 7) is 15.1. The number of thioether (sulfide) groups is 2. The monoisotopic (exact) mass is 576 g/mol. The Balaban J connectivity index is 0.000000361. The van der Waals surface area contributed by atoms with Crippen molar-refractivity contribution in [3.8, 4) is 0 Å². The van der Waals surface area contributed by atoms with Crippen LogP contribution in [0.25, 0.3) is 11.0 Å². The molecule has 1 aromatic heterocycles. The molecule has 1 aromatic carbocycles. The summed E-state index contributed by atoms with van der Waals surface area (Å²) in [6.07, 6.45) is 11.7. The molecule has 2 saturated heterocycles. The minimum atomic E-state index is -0.635. The number of esters is 1. The predicted molar refractivity (Wildman–Crippen MR) is 169 cm³/mol. The van der Waals surface area contributed by atoms with Gasteiger partial charge in [0.05, 0.1) is 17.6 Å². The first kappa shape index (κ1) is 34.8. The molecule has 8 heteroatoms. The van der Waals surface area contributed by atoms with Gasteiger partial charge in [0.1, 0.15) is 17.8 Å². The SMILES string of the molecule is C.C1=C[C@H]2CCC1S2.C=CC1CCCS1.CC.CCOC(=O)Cc1nc2ccccc2n1C(=O)OC(C)(C)C. The first-order valence-corrected chi connectivity index (χ1v) is 15.6. The van der Waals surface area contributed by atoms with E-state index in [1.165, 1.54) is 36.0 Å². The number of nitrogens with zero attached hydrogens (tertiary/aromatic N) is 2. The molecular formula is C31H48N2O4S2. The average Bonchev–Trinajstić information content (AvgIpc) is 3.70. The molecule has 0 saturated carbocycles. The van der Waals surface area contributed by atoms with Crippen LogP contribution >= 0.6 is 23.5 Å². The third kappa shape index (κ3) is 11.4. The van der Waals surface area contributed by atoms with Crippen LogP contribution in [0.4, 0.5) is 4.79 Å². The van der Waals surface area contributed by atoms with E-state index >= 15 is 0 Å². The summed E-state index contributed by atoms with van der Waals surface area (Å²) in [5, 5.41) is 2.59. The van der Waals surface area contributed by atoms with E-state index in [1.54, 1.807) is 45.9 Å². The highest BCUT2D eigenvalue weighted by Crippen LogP contribution is 2.40. The highest BCUT2D eigenvalue weighted by atomic mass is 32.2. The fourth-order valence-electron chi connectivity index (χ4n) is 4.06. The minimum absolute atomic E-state index is 0. The van der Waals surface area contributed by atoms with Gasteiger partial charge in [-0.25, -0.2) is 14.3 Å². The average molecular weight is 577 g/mol. The van der Waals surface area contributed by atoms with E-state index in [-0.39, 0.29) is 20.5 Å². The van der Waals surface area contributed by atoms with Crippen LogP contribution in [0.15, 0.2) is 49.1 Å². The van der Waals surface area contributed by atoms with E-state index in [9.17, 15) is 9.59 Å². The number of ether oxygens (including phenoxy) is 2. The molecule has 0 radical (unpaired) electrons. The van der Waals surface area contributed by atoms with E-state index in [0.717, 1.165) is 15.7 Å². The van der Waals surface area contributed by atoms with Crippen molar-refractivity contribution >= 4 is 46.6 Å². The lowest BCUT2D eigenvalue weighted by atomic mass is 10.1. The van der Waals surface area contributed by atoms with Crippen molar-refractivity contribution in [1.29, 1.82) is 0 Å². The van der Waals surface area contributed by atoms with Gasteiger partial charge in [-0.1, -0.05) is 51.6 Å². The number of para-hydroxylation sites is 2. The second-order valence-electron chi connectivity index (χ2n) is 9.78. The minimum Gasteiger partial charge on any atom is -0.466 e. The van der Waals surface area contributed by atoms with Gasteiger partial charge in [0.25, 0.3) is 0 Å². The second-order valence-corrected chi connectivity index (χ2v) is 12.6. The number of hydrogen-bond acceptors (Lipinski definition) is 7. The Bertz CT molecular complexity index is 1060. The molecular weight excluding hydrogens is 528 g/mol. The molecule has 0 spiro atoms. The Morgan fingerprint density at radius 3 is 2.21 bits per heavy atom. The summed E-state index contributed by atoms with van der Waals surface area (Å²) in [7, 11) is 0. The van der Waals surface area contributed by atoms with Crippen LogP contribution in [0.2, 0.25) is 0 Å². The molecule has 4 heterocycles. The highest BCUT2D eigenvalue weighted by molar-refractivity contribution is 8.01. The van der Waals surface area contributed by atoms with Crippen LogP contribution in [0.5, 0.6) is 0 Å². The Hall–Kier alpha value is -2.19. The molecule has 0 amide bonds. The van der Waals surface area contributed by atoms with E-state index in [2.05, 4.69) is 41.6 Å². The van der Waals surface area contributed by atoms with Gasteiger partial charge in [0.2, 0.25) is 0 Å². The molecule has 39 heavy (non-hydrogen) atoms. The number of aromatic nitrogens is 2. The fraction of sp³-hybridized carbons (Fsp3) is 0.581. The van der Waals surface area contributed by atoms with Crippen molar-refractivity contribution in [2.45, 2.75) is 102 Å². The van der Waals surface area contributed by atoms with E-state index in [0.29, 0.717) is 16.9 Å². The zero-order valence-corrected chi connectivity index (χ0v) is 25.4. The number of imidazole rings is 1. The predicted octanol–water partition coefficient (Wildman–Crippen LogP) is 8.48. The zero-order valence-electron chi connectivity index (χ0n) is 23.8. The van der Waals surface area contributed by atoms with Crippen LogP contribution in [0, 0.1) is 0 Å². The van der Waals surface area contributed by atoms with Crippen molar-refractivity contribution in [2.75, 3.05) is 12.4 Å². The van der Waals surface area contributed by atoms with E-state index < -0.39 is 17.7 Å². The third-order valence-electron chi connectivity index (χ3n) is 5.67. The second kappa shape index (κ2) is 17.5. The smallest absolute Gasteiger partial charge is 0.420 e. The van der Waals surface area contributed by atoms with Gasteiger partial charge >= 0.3 is 12.1 Å². The maximum atomic E-state index is 12.4. The van der Waals surface area contributed by atoms with Crippen molar-refractivity contribution in [3.63, 3.8) is 0 Å². The van der Waals surface area contributed by atoms with Gasteiger partial charge in [0, 0.05) is 15.7 Å². The van der Waals surface area contributed by atoms with Gasteiger partial charge in [-0.15, -0.1) is 18.3 Å². The first-order valence-electron chi connectivity index (χ1n) is 13.6. The van der Waals surface area contributed by atoms with Gasteiger partial charge in [-0.2, -0.15) is 11.8 Å². The first-order chi connectivity index (χ1) is 18.2. The summed E-state index contributed by atoms with van der Waals surface area (Å²) in [4.78, 5) is 28.5. The van der Waals surface area contributed by atoms with Crippen LogP contribution < -0.4 is 0 Å². The molecule has 2 fully saturated rings. The molecule has 2 unspecified atom stereocenters. The number of carbonyl (C=O) groups excluding carboxylic acids is 2. The number of benzene rings is 1. The number of hydrogen-bond donors (Lipinski definition) is 0. The number of rotatable bonds is 4. The molecule has 218 valence electrons. The van der Waals surface area contributed by atoms with Crippen LogP contribution in [0.3, 0.4) is 0 Å². The highest BCUT2D eigenvalue weighted by Gasteiger charge is 2.26. The van der Waals surface area contributed by atoms with Gasteiger partial charge in [0.15, 0.2) is 0 Å². The Morgan fingerprint density at radius 1 is 1.13 bits per heavy atom.